The molecule has 156 valence electrons. The van der Waals surface area contributed by atoms with E-state index in [4.69, 9.17) is 9.47 Å². The Morgan fingerprint density at radius 2 is 1.71 bits per heavy atom. The Hall–Kier alpha value is -2.06. The van der Waals surface area contributed by atoms with Crippen LogP contribution in [0.1, 0.15) is 39.2 Å². The molecular weight excluding hydrogens is 380 g/mol. The van der Waals surface area contributed by atoms with Crippen LogP contribution < -0.4 is 10.6 Å². The Balaban J connectivity index is 2.16. The van der Waals surface area contributed by atoms with E-state index in [1.807, 2.05) is 24.3 Å². The number of thioether (sulfide) groups is 1. The van der Waals surface area contributed by atoms with Crippen molar-refractivity contribution in [2.75, 3.05) is 26.8 Å². The van der Waals surface area contributed by atoms with E-state index < -0.39 is 11.7 Å². The third kappa shape index (κ3) is 11.6. The lowest BCUT2D eigenvalue weighted by molar-refractivity contribution is -0.120. The van der Waals surface area contributed by atoms with E-state index >= 15 is 0 Å². The van der Waals surface area contributed by atoms with E-state index in [-0.39, 0.29) is 17.4 Å². The van der Waals surface area contributed by atoms with Gasteiger partial charge in [-0.25, -0.2) is 4.79 Å². The third-order valence-corrected chi connectivity index (χ3v) is 4.38. The number of aryl methyl sites for hydroxylation is 1. The van der Waals surface area contributed by atoms with Crippen molar-refractivity contribution in [2.24, 2.45) is 0 Å². The molecule has 0 spiro atoms. The summed E-state index contributed by atoms with van der Waals surface area (Å²) in [6.07, 6.45) is 0.919. The number of nitrogens with one attached hydrogen (secondary N) is 2. The minimum atomic E-state index is -0.531. The van der Waals surface area contributed by atoms with Crippen molar-refractivity contribution in [1.82, 2.24) is 10.6 Å². The van der Waals surface area contributed by atoms with Crippen LogP contribution in [0.15, 0.2) is 29.2 Å². The molecule has 0 aliphatic heterocycles. The highest BCUT2D eigenvalue weighted by molar-refractivity contribution is 8.13. The number of hydrogen-bond acceptors (Lipinski definition) is 6. The minimum Gasteiger partial charge on any atom is -0.444 e. The normalized spacial score (nSPS) is 11.0. The monoisotopic (exact) mass is 410 g/mol. The second kappa shape index (κ2) is 12.4. The molecule has 0 atom stereocenters. The van der Waals surface area contributed by atoms with Crippen molar-refractivity contribution < 1.29 is 23.9 Å². The quantitative estimate of drug-likeness (QED) is 0.455. The molecule has 0 saturated carbocycles. The van der Waals surface area contributed by atoms with Crippen molar-refractivity contribution in [3.63, 3.8) is 0 Å². The van der Waals surface area contributed by atoms with Gasteiger partial charge in [0.2, 0.25) is 5.91 Å². The van der Waals surface area contributed by atoms with Crippen LogP contribution in [-0.4, -0.2) is 49.5 Å². The predicted octanol–water partition coefficient (Wildman–Crippen LogP) is 2.92. The van der Waals surface area contributed by atoms with E-state index in [1.54, 1.807) is 27.8 Å². The summed E-state index contributed by atoms with van der Waals surface area (Å²) >= 11 is 1.17. The average Bonchev–Trinajstić information content (AvgIpc) is 2.62. The maximum absolute atomic E-state index is 12.0. The van der Waals surface area contributed by atoms with Crippen molar-refractivity contribution in [2.45, 2.75) is 50.5 Å². The maximum Gasteiger partial charge on any atom is 0.407 e. The zero-order chi connectivity index (χ0) is 21.0. The number of rotatable bonds is 10. The molecule has 0 aliphatic carbocycles. The molecule has 0 heterocycles. The van der Waals surface area contributed by atoms with Gasteiger partial charge in [-0.3, -0.25) is 9.59 Å². The van der Waals surface area contributed by atoms with Crippen LogP contribution in [-0.2, 0) is 25.5 Å². The molecule has 0 aliphatic rings. The molecule has 0 unspecified atom stereocenters. The van der Waals surface area contributed by atoms with Crippen LogP contribution in [0.3, 0.4) is 0 Å². The molecule has 0 fully saturated rings. The highest BCUT2D eigenvalue weighted by Crippen LogP contribution is 2.21. The molecule has 28 heavy (non-hydrogen) atoms. The van der Waals surface area contributed by atoms with Gasteiger partial charge in [-0.2, -0.15) is 0 Å². The smallest absolute Gasteiger partial charge is 0.407 e. The molecule has 1 aromatic rings. The number of benzene rings is 1. The number of alkyl carbamates (subject to hydrolysis) is 1. The van der Waals surface area contributed by atoms with Gasteiger partial charge in [0.15, 0.2) is 5.12 Å². The van der Waals surface area contributed by atoms with Crippen LogP contribution in [0.25, 0.3) is 0 Å². The maximum atomic E-state index is 12.0. The van der Waals surface area contributed by atoms with Crippen LogP contribution in [0.5, 0.6) is 0 Å². The lowest BCUT2D eigenvalue weighted by Gasteiger charge is -2.19. The lowest BCUT2D eigenvalue weighted by Crippen LogP contribution is -2.34. The topological polar surface area (TPSA) is 93.7 Å². The van der Waals surface area contributed by atoms with Crippen molar-refractivity contribution in [3.8, 4) is 0 Å². The van der Waals surface area contributed by atoms with Gasteiger partial charge >= 0.3 is 6.09 Å². The number of ether oxygens (including phenoxy) is 2. The van der Waals surface area contributed by atoms with Gasteiger partial charge < -0.3 is 20.1 Å². The number of hydrogen-bond donors (Lipinski definition) is 2. The Morgan fingerprint density at radius 3 is 2.32 bits per heavy atom. The van der Waals surface area contributed by atoms with E-state index in [0.717, 1.165) is 10.5 Å². The molecule has 2 amide bonds. The second-order valence-electron chi connectivity index (χ2n) is 7.08. The average molecular weight is 411 g/mol. The highest BCUT2D eigenvalue weighted by atomic mass is 32.2. The van der Waals surface area contributed by atoms with Crippen LogP contribution >= 0.6 is 11.8 Å². The molecule has 0 saturated heterocycles. The molecule has 0 radical (unpaired) electrons. The molecule has 7 nitrogen and oxygen atoms in total. The molecule has 8 heteroatoms. The predicted molar refractivity (Wildman–Crippen MR) is 109 cm³/mol. The summed E-state index contributed by atoms with van der Waals surface area (Å²) in [4.78, 5) is 35.6. The fourth-order valence-electron chi connectivity index (χ4n) is 2.09. The molecule has 2 N–H and O–H groups in total. The van der Waals surface area contributed by atoms with Gasteiger partial charge in [0, 0.05) is 31.3 Å². The van der Waals surface area contributed by atoms with Gasteiger partial charge in [-0.1, -0.05) is 23.9 Å². The summed E-state index contributed by atoms with van der Waals surface area (Å²) in [5.74, 6) is 0.00919. The number of carbonyl (C=O) groups is 3. The third-order valence-electron chi connectivity index (χ3n) is 3.44. The van der Waals surface area contributed by atoms with Crippen LogP contribution in [0.2, 0.25) is 0 Å². The summed E-state index contributed by atoms with van der Waals surface area (Å²) in [5, 5.41) is 5.20. The van der Waals surface area contributed by atoms with Crippen molar-refractivity contribution >= 4 is 28.9 Å². The van der Waals surface area contributed by atoms with Crippen molar-refractivity contribution in [3.05, 3.63) is 29.8 Å². The van der Waals surface area contributed by atoms with Crippen LogP contribution in [0.4, 0.5) is 4.79 Å². The largest absolute Gasteiger partial charge is 0.444 e. The Morgan fingerprint density at radius 1 is 1.04 bits per heavy atom. The van der Waals surface area contributed by atoms with Gasteiger partial charge in [0.1, 0.15) is 5.60 Å². The second-order valence-corrected chi connectivity index (χ2v) is 8.21. The van der Waals surface area contributed by atoms with E-state index in [9.17, 15) is 14.4 Å². The standard InChI is InChI=1S/C20H30N2O5S/c1-20(2,3)27-19(25)22-12-14-26-13-11-18(24)28-16-8-5-15(6-9-16)7-10-17(23)21-4/h5-6,8-9H,7,10-14H2,1-4H3,(H,21,23)(H,22,25). The number of carbonyl (C=O) groups excluding carboxylic acids is 3. The van der Waals surface area contributed by atoms with Gasteiger partial charge in [0.25, 0.3) is 0 Å². The Bertz CT molecular complexity index is 641. The summed E-state index contributed by atoms with van der Waals surface area (Å²) in [6, 6.07) is 7.62. The fourth-order valence-corrected chi connectivity index (χ4v) is 2.81. The first-order chi connectivity index (χ1) is 13.2. The molecule has 1 rings (SSSR count). The first kappa shape index (κ1) is 24.0. The summed E-state index contributed by atoms with van der Waals surface area (Å²) in [6.45, 7) is 6.33. The first-order valence-electron chi connectivity index (χ1n) is 9.24. The van der Waals surface area contributed by atoms with Gasteiger partial charge in [-0.05, 0) is 44.9 Å². The zero-order valence-electron chi connectivity index (χ0n) is 17.0. The van der Waals surface area contributed by atoms with E-state index in [0.29, 0.717) is 32.6 Å². The van der Waals surface area contributed by atoms with E-state index in [1.165, 1.54) is 11.8 Å². The first-order valence-corrected chi connectivity index (χ1v) is 10.1. The summed E-state index contributed by atoms with van der Waals surface area (Å²) < 4.78 is 10.5. The Labute approximate surface area is 170 Å². The lowest BCUT2D eigenvalue weighted by atomic mass is 10.1. The van der Waals surface area contributed by atoms with Gasteiger partial charge in [-0.15, -0.1) is 0 Å². The molecule has 1 aromatic carbocycles. The highest BCUT2D eigenvalue weighted by Gasteiger charge is 2.15. The molecule has 0 bridgehead atoms. The van der Waals surface area contributed by atoms with Crippen LogP contribution in [0, 0.1) is 0 Å². The zero-order valence-corrected chi connectivity index (χ0v) is 17.8. The molecule has 0 aromatic heterocycles. The Kier molecular flexibility index (Phi) is 10.6. The summed E-state index contributed by atoms with van der Waals surface area (Å²) in [5.41, 5.74) is 0.526. The summed E-state index contributed by atoms with van der Waals surface area (Å²) in [7, 11) is 1.62. The van der Waals surface area contributed by atoms with Gasteiger partial charge in [0.05, 0.1) is 13.2 Å². The SMILES string of the molecule is CNC(=O)CCc1ccc(SC(=O)CCOCCNC(=O)OC(C)(C)C)cc1. The minimum absolute atomic E-state index is 0.00919. The van der Waals surface area contributed by atoms with E-state index in [2.05, 4.69) is 10.6 Å². The van der Waals surface area contributed by atoms with Crippen molar-refractivity contribution in [1.29, 1.82) is 0 Å². The fraction of sp³-hybridized carbons (Fsp3) is 0.550. The molecular formula is C20H30N2O5S. The number of amides is 2.